The van der Waals surface area contributed by atoms with E-state index in [1.807, 2.05) is 19.2 Å². The van der Waals surface area contributed by atoms with E-state index in [9.17, 15) is 5.11 Å². The number of phenols is 1. The van der Waals surface area contributed by atoms with Crippen LogP contribution in [0, 0.1) is 23.7 Å². The molecule has 4 nitrogen and oxygen atoms in total. The molecule has 148 valence electrons. The second-order valence-corrected chi connectivity index (χ2v) is 9.48. The summed E-state index contributed by atoms with van der Waals surface area (Å²) >= 11 is 0. The molecule has 0 atom stereocenters. The van der Waals surface area contributed by atoms with Crippen molar-refractivity contribution in [2.45, 2.75) is 75.6 Å². The predicted molar refractivity (Wildman–Crippen MR) is 102 cm³/mol. The van der Waals surface area contributed by atoms with Gasteiger partial charge in [0.1, 0.15) is 5.75 Å². The molecule has 0 amide bonds. The van der Waals surface area contributed by atoms with Gasteiger partial charge in [0.15, 0.2) is 0 Å². The van der Waals surface area contributed by atoms with Gasteiger partial charge in [-0.2, -0.15) is 0 Å². The Kier molecular flexibility index (Phi) is 4.69. The van der Waals surface area contributed by atoms with Crippen LogP contribution >= 0.6 is 0 Å². The second-order valence-electron chi connectivity index (χ2n) is 9.48. The number of ether oxygens (including phenoxy) is 1. The van der Waals surface area contributed by atoms with E-state index in [2.05, 4.69) is 6.07 Å². The van der Waals surface area contributed by atoms with Crippen LogP contribution in [-0.4, -0.2) is 24.1 Å². The van der Waals surface area contributed by atoms with Crippen molar-refractivity contribution in [3.05, 3.63) is 29.8 Å². The van der Waals surface area contributed by atoms with Gasteiger partial charge >= 0.3 is 0 Å². The third kappa shape index (κ3) is 3.20. The minimum atomic E-state index is -0.504. The standard InChI is InChI=1S/C23H32O4/c1-25-23(19-10-15-9-16(12-19)13-20(23)11-15)27-26-22-7-5-17(6-8-22)18-3-2-4-21(24)14-18/h2-4,14-17,19-20,22,24H,5-13H2,1H3/t15?,16?,17-,19?,20?,22+,23?. The normalized spacial score (nSPS) is 43.1. The molecule has 6 rings (SSSR count). The van der Waals surface area contributed by atoms with Crippen LogP contribution in [0.1, 0.15) is 69.3 Å². The summed E-state index contributed by atoms with van der Waals surface area (Å²) < 4.78 is 6.03. The van der Waals surface area contributed by atoms with E-state index in [0.717, 1.165) is 37.5 Å². The van der Waals surface area contributed by atoms with Gasteiger partial charge in [0.05, 0.1) is 6.10 Å². The molecule has 5 saturated carbocycles. The maximum absolute atomic E-state index is 9.72. The van der Waals surface area contributed by atoms with Crippen molar-refractivity contribution < 1.29 is 19.6 Å². The van der Waals surface area contributed by atoms with Crippen molar-refractivity contribution in [2.75, 3.05) is 7.11 Å². The summed E-state index contributed by atoms with van der Waals surface area (Å²) in [4.78, 5) is 12.2. The summed E-state index contributed by atoms with van der Waals surface area (Å²) in [5.41, 5.74) is 1.24. The van der Waals surface area contributed by atoms with Gasteiger partial charge < -0.3 is 9.84 Å². The van der Waals surface area contributed by atoms with E-state index in [0.29, 0.717) is 23.5 Å². The van der Waals surface area contributed by atoms with Crippen molar-refractivity contribution in [1.29, 1.82) is 0 Å². The summed E-state index contributed by atoms with van der Waals surface area (Å²) in [6.45, 7) is 0. The molecule has 5 aliphatic rings. The molecule has 0 aliphatic heterocycles. The fraction of sp³-hybridized carbons (Fsp3) is 0.739. The highest BCUT2D eigenvalue weighted by molar-refractivity contribution is 5.29. The van der Waals surface area contributed by atoms with Gasteiger partial charge in [0, 0.05) is 18.9 Å². The predicted octanol–water partition coefficient (Wildman–Crippen LogP) is 5.17. The summed E-state index contributed by atoms with van der Waals surface area (Å²) in [5, 5.41) is 9.72. The van der Waals surface area contributed by atoms with E-state index < -0.39 is 5.79 Å². The zero-order valence-corrected chi connectivity index (χ0v) is 16.3. The van der Waals surface area contributed by atoms with Crippen molar-refractivity contribution in [2.24, 2.45) is 23.7 Å². The smallest absolute Gasteiger partial charge is 0.207 e. The highest BCUT2D eigenvalue weighted by Gasteiger charge is 2.60. The first-order valence-corrected chi connectivity index (χ1v) is 10.8. The van der Waals surface area contributed by atoms with Crippen molar-refractivity contribution in [3.8, 4) is 5.75 Å². The van der Waals surface area contributed by atoms with Crippen molar-refractivity contribution >= 4 is 0 Å². The van der Waals surface area contributed by atoms with Crippen molar-refractivity contribution in [3.63, 3.8) is 0 Å². The third-order valence-electron chi connectivity index (χ3n) is 7.93. The van der Waals surface area contributed by atoms with E-state index in [1.165, 1.54) is 37.7 Å². The quantitative estimate of drug-likeness (QED) is 0.440. The lowest BCUT2D eigenvalue weighted by atomic mass is 9.53. The molecule has 5 aliphatic carbocycles. The van der Waals surface area contributed by atoms with E-state index in [-0.39, 0.29) is 6.10 Å². The second kappa shape index (κ2) is 7.06. The highest BCUT2D eigenvalue weighted by atomic mass is 17.2. The largest absolute Gasteiger partial charge is 0.508 e. The maximum atomic E-state index is 9.72. The average Bonchev–Trinajstić information content (AvgIpc) is 2.68. The first kappa shape index (κ1) is 18.0. The number of methoxy groups -OCH3 is 1. The Balaban J connectivity index is 1.19. The average molecular weight is 373 g/mol. The molecule has 1 aromatic rings. The van der Waals surface area contributed by atoms with Crippen LogP contribution in [0.5, 0.6) is 5.75 Å². The van der Waals surface area contributed by atoms with Crippen LogP contribution in [-0.2, 0) is 14.5 Å². The van der Waals surface area contributed by atoms with E-state index in [4.69, 9.17) is 14.5 Å². The zero-order chi connectivity index (χ0) is 18.4. The Morgan fingerprint density at radius 1 is 0.926 bits per heavy atom. The molecule has 0 aromatic heterocycles. The lowest BCUT2D eigenvalue weighted by Gasteiger charge is -2.58. The molecule has 0 unspecified atom stereocenters. The van der Waals surface area contributed by atoms with E-state index in [1.54, 1.807) is 6.07 Å². The number of benzene rings is 1. The molecule has 4 bridgehead atoms. The molecule has 0 saturated heterocycles. The summed E-state index contributed by atoms with van der Waals surface area (Å²) in [7, 11) is 1.81. The Morgan fingerprint density at radius 2 is 1.59 bits per heavy atom. The number of aromatic hydroxyl groups is 1. The fourth-order valence-electron chi connectivity index (χ4n) is 6.76. The molecule has 0 radical (unpaired) electrons. The summed E-state index contributed by atoms with van der Waals surface area (Å²) in [6.07, 6.45) is 10.7. The van der Waals surface area contributed by atoms with Crippen LogP contribution in [0.15, 0.2) is 24.3 Å². The third-order valence-corrected chi connectivity index (χ3v) is 7.93. The van der Waals surface area contributed by atoms with Crippen molar-refractivity contribution in [1.82, 2.24) is 0 Å². The Bertz CT molecular complexity index is 636. The molecule has 4 heteroatoms. The van der Waals surface area contributed by atoms with Crippen LogP contribution in [0.4, 0.5) is 0 Å². The first-order valence-electron chi connectivity index (χ1n) is 10.8. The Hall–Kier alpha value is -1.10. The topological polar surface area (TPSA) is 47.9 Å². The van der Waals surface area contributed by atoms with Gasteiger partial charge in [-0.25, -0.2) is 9.78 Å². The van der Waals surface area contributed by atoms with Gasteiger partial charge in [0.2, 0.25) is 5.79 Å². The minimum Gasteiger partial charge on any atom is -0.508 e. The number of hydrogen-bond donors (Lipinski definition) is 1. The molecule has 0 spiro atoms. The Labute approximate surface area is 162 Å². The zero-order valence-electron chi connectivity index (χ0n) is 16.3. The Morgan fingerprint density at radius 3 is 2.19 bits per heavy atom. The molecule has 1 N–H and O–H groups in total. The lowest BCUT2D eigenvalue weighted by molar-refractivity contribution is -0.485. The lowest BCUT2D eigenvalue weighted by Crippen LogP contribution is -2.60. The van der Waals surface area contributed by atoms with Gasteiger partial charge in [0.25, 0.3) is 0 Å². The molecular formula is C23H32O4. The van der Waals surface area contributed by atoms with Gasteiger partial charge in [-0.3, -0.25) is 0 Å². The number of phenolic OH excluding ortho intramolecular Hbond substituents is 1. The van der Waals surface area contributed by atoms with Gasteiger partial charge in [-0.1, -0.05) is 12.1 Å². The van der Waals surface area contributed by atoms with Crippen LogP contribution < -0.4 is 0 Å². The minimum absolute atomic E-state index is 0.155. The molecule has 5 fully saturated rings. The molecular weight excluding hydrogens is 340 g/mol. The van der Waals surface area contributed by atoms with Crippen LogP contribution in [0.25, 0.3) is 0 Å². The fourth-order valence-corrected chi connectivity index (χ4v) is 6.76. The molecule has 1 aromatic carbocycles. The molecule has 0 heterocycles. The number of hydrogen-bond acceptors (Lipinski definition) is 4. The first-order chi connectivity index (χ1) is 13.2. The summed E-state index contributed by atoms with van der Waals surface area (Å²) in [5.74, 6) is 3.14. The van der Waals surface area contributed by atoms with Crippen LogP contribution in [0.3, 0.4) is 0 Å². The summed E-state index contributed by atoms with van der Waals surface area (Å²) in [6, 6.07) is 7.69. The highest BCUT2D eigenvalue weighted by Crippen LogP contribution is 2.60. The molecule has 27 heavy (non-hydrogen) atoms. The van der Waals surface area contributed by atoms with Crippen LogP contribution in [0.2, 0.25) is 0 Å². The monoisotopic (exact) mass is 372 g/mol. The van der Waals surface area contributed by atoms with E-state index >= 15 is 0 Å². The maximum Gasteiger partial charge on any atom is 0.207 e. The van der Waals surface area contributed by atoms with Gasteiger partial charge in [-0.15, -0.1) is 0 Å². The van der Waals surface area contributed by atoms with Gasteiger partial charge in [-0.05, 0) is 93.2 Å². The number of rotatable bonds is 5. The SMILES string of the molecule is COC1(OO[C@H]2CC[C@@H](c3cccc(O)c3)CC2)C2CC3CC(C2)CC1C3.